The molecule has 0 bridgehead atoms. The highest BCUT2D eigenvalue weighted by Crippen LogP contribution is 2.29. The second-order valence-electron chi connectivity index (χ2n) is 5.41. The Hall–Kier alpha value is -2.36. The summed E-state index contributed by atoms with van der Waals surface area (Å²) in [5.41, 5.74) is 2.53. The number of ketones is 1. The minimum absolute atomic E-state index is 0.104. The van der Waals surface area contributed by atoms with Gasteiger partial charge in [0.1, 0.15) is 12.0 Å². The van der Waals surface area contributed by atoms with Gasteiger partial charge in [-0.25, -0.2) is 0 Å². The van der Waals surface area contributed by atoms with Crippen LogP contribution in [0.25, 0.3) is 0 Å². The normalized spacial score (nSPS) is 13.3. The Bertz CT molecular complexity index is 726. The molecule has 4 nitrogen and oxygen atoms in total. The fourth-order valence-corrected chi connectivity index (χ4v) is 3.01. The molecule has 1 aliphatic carbocycles. The third kappa shape index (κ3) is 2.25. The first-order chi connectivity index (χ1) is 10.7. The summed E-state index contributed by atoms with van der Waals surface area (Å²) in [6, 6.07) is 7.57. The lowest BCUT2D eigenvalue weighted by molar-refractivity contribution is 0.0768. The molecule has 0 atom stereocenters. The summed E-state index contributed by atoms with van der Waals surface area (Å²) in [6.07, 6.45) is 2.84. The molecule has 1 aromatic carbocycles. The third-order valence-corrected chi connectivity index (χ3v) is 4.26. The lowest BCUT2D eigenvalue weighted by atomic mass is 9.98. The number of amides is 1. The zero-order valence-electron chi connectivity index (χ0n) is 12.9. The number of fused-ring (bicyclic) bond motifs is 2. The summed E-state index contributed by atoms with van der Waals surface area (Å²) in [5, 5.41) is 0. The number of furan rings is 1. The van der Waals surface area contributed by atoms with E-state index in [1.807, 2.05) is 38.1 Å². The van der Waals surface area contributed by atoms with Crippen LogP contribution in [0.4, 0.5) is 0 Å². The van der Waals surface area contributed by atoms with Gasteiger partial charge in [0, 0.05) is 25.1 Å². The van der Waals surface area contributed by atoms with E-state index in [1.54, 1.807) is 4.90 Å². The molecule has 0 aliphatic heterocycles. The summed E-state index contributed by atoms with van der Waals surface area (Å²) >= 11 is 0. The van der Waals surface area contributed by atoms with E-state index in [2.05, 4.69) is 0 Å². The van der Waals surface area contributed by atoms with Crippen molar-refractivity contribution in [3.05, 3.63) is 58.5 Å². The predicted molar refractivity (Wildman–Crippen MR) is 83.2 cm³/mol. The Labute approximate surface area is 129 Å². The van der Waals surface area contributed by atoms with Crippen LogP contribution in [0.1, 0.15) is 51.5 Å². The highest BCUT2D eigenvalue weighted by molar-refractivity contribution is 6.16. The van der Waals surface area contributed by atoms with Gasteiger partial charge >= 0.3 is 0 Å². The number of hydrogen-bond donors (Lipinski definition) is 0. The number of rotatable bonds is 3. The minimum Gasteiger partial charge on any atom is -0.468 e. The summed E-state index contributed by atoms with van der Waals surface area (Å²) < 4.78 is 5.56. The van der Waals surface area contributed by atoms with Gasteiger partial charge in [0.05, 0.1) is 11.1 Å². The topological polar surface area (TPSA) is 50.5 Å². The first kappa shape index (κ1) is 14.6. The molecule has 2 aromatic rings. The molecule has 0 spiro atoms. The lowest BCUT2D eigenvalue weighted by Gasteiger charge is -2.18. The van der Waals surface area contributed by atoms with Crippen molar-refractivity contribution in [3.63, 3.8) is 0 Å². The predicted octanol–water partition coefficient (Wildman–Crippen LogP) is 3.09. The van der Waals surface area contributed by atoms with Gasteiger partial charge in [-0.3, -0.25) is 9.59 Å². The third-order valence-electron chi connectivity index (χ3n) is 4.26. The van der Waals surface area contributed by atoms with Crippen LogP contribution in [0.3, 0.4) is 0 Å². The van der Waals surface area contributed by atoms with E-state index >= 15 is 0 Å². The fraction of sp³-hybridized carbons (Fsp3) is 0.333. The number of carbonyl (C=O) groups is 2. The van der Waals surface area contributed by atoms with Crippen LogP contribution < -0.4 is 0 Å². The Balaban J connectivity index is 2.09. The van der Waals surface area contributed by atoms with Crippen molar-refractivity contribution in [2.24, 2.45) is 0 Å². The molecular formula is C18H19NO3. The highest BCUT2D eigenvalue weighted by Gasteiger charge is 2.30. The van der Waals surface area contributed by atoms with Crippen molar-refractivity contribution >= 4 is 11.7 Å². The average molecular weight is 297 g/mol. The Morgan fingerprint density at radius 3 is 2.64 bits per heavy atom. The summed E-state index contributed by atoms with van der Waals surface area (Å²) in [6.45, 7) is 5.08. The summed E-state index contributed by atoms with van der Waals surface area (Å²) in [7, 11) is 0. The SMILES string of the molecule is CCN(CC)C(=O)c1coc2c1C(=O)c1ccccc1CC2. The van der Waals surface area contributed by atoms with E-state index in [0.29, 0.717) is 42.0 Å². The maximum absolute atomic E-state index is 12.9. The Kier molecular flexibility index (Phi) is 3.84. The van der Waals surface area contributed by atoms with Gasteiger partial charge in [0.15, 0.2) is 5.78 Å². The van der Waals surface area contributed by atoms with Crippen LogP contribution in [0.2, 0.25) is 0 Å². The summed E-state index contributed by atoms with van der Waals surface area (Å²) in [4.78, 5) is 27.2. The smallest absolute Gasteiger partial charge is 0.257 e. The van der Waals surface area contributed by atoms with Crippen LogP contribution in [-0.2, 0) is 12.8 Å². The highest BCUT2D eigenvalue weighted by atomic mass is 16.3. The monoisotopic (exact) mass is 297 g/mol. The number of benzene rings is 1. The van der Waals surface area contributed by atoms with Crippen LogP contribution in [0.15, 0.2) is 34.9 Å². The fourth-order valence-electron chi connectivity index (χ4n) is 3.01. The standard InChI is InChI=1S/C18H19NO3/c1-3-19(4-2)18(21)14-11-22-15-10-9-12-7-5-6-8-13(12)17(20)16(14)15/h5-8,11H,3-4,9-10H2,1-2H3. The minimum atomic E-state index is -0.136. The van der Waals surface area contributed by atoms with Gasteiger partial charge in [-0.2, -0.15) is 0 Å². The van der Waals surface area contributed by atoms with E-state index in [-0.39, 0.29) is 11.7 Å². The number of nitrogens with zero attached hydrogens (tertiary/aromatic N) is 1. The molecule has 3 rings (SSSR count). The van der Waals surface area contributed by atoms with Crippen LogP contribution in [-0.4, -0.2) is 29.7 Å². The molecule has 1 aliphatic rings. The van der Waals surface area contributed by atoms with Crippen molar-refractivity contribution in [1.82, 2.24) is 4.90 Å². The van der Waals surface area contributed by atoms with Crippen LogP contribution in [0.5, 0.6) is 0 Å². The number of aryl methyl sites for hydroxylation is 2. The largest absolute Gasteiger partial charge is 0.468 e. The Morgan fingerprint density at radius 1 is 1.18 bits per heavy atom. The van der Waals surface area contributed by atoms with Gasteiger partial charge in [0.25, 0.3) is 5.91 Å². The van der Waals surface area contributed by atoms with E-state index in [4.69, 9.17) is 4.42 Å². The van der Waals surface area contributed by atoms with Crippen molar-refractivity contribution in [3.8, 4) is 0 Å². The molecule has 0 unspecified atom stereocenters. The zero-order chi connectivity index (χ0) is 15.7. The van der Waals surface area contributed by atoms with Gasteiger partial charge in [0.2, 0.25) is 0 Å². The van der Waals surface area contributed by atoms with E-state index in [1.165, 1.54) is 6.26 Å². The van der Waals surface area contributed by atoms with Gasteiger partial charge < -0.3 is 9.32 Å². The second-order valence-corrected chi connectivity index (χ2v) is 5.41. The molecule has 22 heavy (non-hydrogen) atoms. The average Bonchev–Trinajstić information content (AvgIpc) is 2.91. The molecule has 4 heteroatoms. The van der Waals surface area contributed by atoms with Crippen molar-refractivity contribution < 1.29 is 14.0 Å². The van der Waals surface area contributed by atoms with Gasteiger partial charge in [-0.1, -0.05) is 24.3 Å². The Morgan fingerprint density at radius 2 is 1.91 bits per heavy atom. The van der Waals surface area contributed by atoms with Crippen LogP contribution >= 0.6 is 0 Å². The van der Waals surface area contributed by atoms with E-state index < -0.39 is 0 Å². The van der Waals surface area contributed by atoms with Gasteiger partial charge in [-0.15, -0.1) is 0 Å². The van der Waals surface area contributed by atoms with Gasteiger partial charge in [-0.05, 0) is 25.8 Å². The molecule has 114 valence electrons. The molecule has 1 amide bonds. The molecule has 0 saturated heterocycles. The molecule has 0 N–H and O–H groups in total. The second kappa shape index (κ2) is 5.79. The number of hydrogen-bond acceptors (Lipinski definition) is 3. The maximum Gasteiger partial charge on any atom is 0.257 e. The van der Waals surface area contributed by atoms with Crippen molar-refractivity contribution in [2.45, 2.75) is 26.7 Å². The van der Waals surface area contributed by atoms with Crippen molar-refractivity contribution in [2.75, 3.05) is 13.1 Å². The summed E-state index contributed by atoms with van der Waals surface area (Å²) in [5.74, 6) is 0.381. The lowest BCUT2D eigenvalue weighted by Crippen LogP contribution is -2.31. The van der Waals surface area contributed by atoms with E-state index in [0.717, 1.165) is 12.0 Å². The molecule has 0 fully saturated rings. The van der Waals surface area contributed by atoms with Crippen molar-refractivity contribution in [1.29, 1.82) is 0 Å². The first-order valence-corrected chi connectivity index (χ1v) is 7.69. The molecular weight excluding hydrogens is 278 g/mol. The molecule has 1 heterocycles. The molecule has 0 saturated carbocycles. The molecule has 0 radical (unpaired) electrons. The quantitative estimate of drug-likeness (QED) is 0.874. The number of carbonyl (C=O) groups excluding carboxylic acids is 2. The van der Waals surface area contributed by atoms with E-state index in [9.17, 15) is 9.59 Å². The molecule has 1 aromatic heterocycles. The maximum atomic E-state index is 12.9. The zero-order valence-corrected chi connectivity index (χ0v) is 12.9. The van der Waals surface area contributed by atoms with Crippen LogP contribution in [0, 0.1) is 0 Å². The first-order valence-electron chi connectivity index (χ1n) is 7.69.